The zero-order valence-corrected chi connectivity index (χ0v) is 10.6. The van der Waals surface area contributed by atoms with Gasteiger partial charge in [-0.15, -0.1) is 4.98 Å². The maximum absolute atomic E-state index is 9.20. The van der Waals surface area contributed by atoms with Crippen molar-refractivity contribution in [1.29, 1.82) is 0 Å². The number of rotatable bonds is 4. The fraction of sp³-hybridized carbons (Fsp3) is 0.182. The largest absolute Gasteiger partial charge is 0.508 e. The highest BCUT2D eigenvalue weighted by molar-refractivity contribution is 7.99. The van der Waals surface area contributed by atoms with E-state index in [9.17, 15) is 5.11 Å². The van der Waals surface area contributed by atoms with Gasteiger partial charge in [-0.05, 0) is 36.0 Å². The average molecular weight is 265 g/mol. The van der Waals surface area contributed by atoms with Gasteiger partial charge in [0.25, 0.3) is 0 Å². The van der Waals surface area contributed by atoms with Gasteiger partial charge in [0.1, 0.15) is 5.75 Å². The number of aromatic hydroxyl groups is 1. The molecule has 0 bridgehead atoms. The molecule has 0 atom stereocenters. The molecule has 0 fully saturated rings. The maximum Gasteiger partial charge on any atom is 0.323 e. The highest BCUT2D eigenvalue weighted by atomic mass is 32.2. The molecule has 1 heterocycles. The van der Waals surface area contributed by atoms with E-state index in [1.807, 2.05) is 0 Å². The van der Waals surface area contributed by atoms with Gasteiger partial charge in [0.05, 0.1) is 14.2 Å². The van der Waals surface area contributed by atoms with Crippen LogP contribution in [0.3, 0.4) is 0 Å². The van der Waals surface area contributed by atoms with E-state index >= 15 is 0 Å². The molecule has 0 aliphatic rings. The van der Waals surface area contributed by atoms with Gasteiger partial charge in [-0.2, -0.15) is 9.97 Å². The summed E-state index contributed by atoms with van der Waals surface area (Å²) in [6, 6.07) is 7.12. The number of aromatic nitrogens is 3. The Morgan fingerprint density at radius 3 is 2.00 bits per heavy atom. The Hall–Kier alpha value is -2.02. The second-order valence-corrected chi connectivity index (χ2v) is 4.23. The number of ether oxygens (including phenoxy) is 2. The van der Waals surface area contributed by atoms with E-state index in [0.29, 0.717) is 5.16 Å². The summed E-state index contributed by atoms with van der Waals surface area (Å²) in [7, 11) is 2.95. The number of hydrogen-bond acceptors (Lipinski definition) is 7. The Morgan fingerprint density at radius 2 is 1.50 bits per heavy atom. The lowest BCUT2D eigenvalue weighted by Crippen LogP contribution is -2.00. The van der Waals surface area contributed by atoms with Crippen LogP contribution < -0.4 is 9.47 Å². The number of benzene rings is 1. The molecule has 2 rings (SSSR count). The fourth-order valence-corrected chi connectivity index (χ4v) is 1.90. The van der Waals surface area contributed by atoms with Crippen LogP contribution in [-0.4, -0.2) is 34.3 Å². The minimum Gasteiger partial charge on any atom is -0.508 e. The molecule has 0 radical (unpaired) electrons. The lowest BCUT2D eigenvalue weighted by atomic mass is 10.3. The molecule has 1 aromatic carbocycles. The van der Waals surface area contributed by atoms with Crippen molar-refractivity contribution in [3.63, 3.8) is 0 Å². The second-order valence-electron chi connectivity index (χ2n) is 3.19. The van der Waals surface area contributed by atoms with Gasteiger partial charge in [0.2, 0.25) is 5.16 Å². The van der Waals surface area contributed by atoms with E-state index in [0.717, 1.165) is 4.90 Å². The first-order chi connectivity index (χ1) is 8.71. The number of methoxy groups -OCH3 is 2. The molecule has 7 heteroatoms. The molecule has 94 valence electrons. The van der Waals surface area contributed by atoms with Crippen molar-refractivity contribution in [3.05, 3.63) is 24.3 Å². The maximum atomic E-state index is 9.20. The molecule has 0 aliphatic carbocycles. The molecule has 18 heavy (non-hydrogen) atoms. The van der Waals surface area contributed by atoms with Crippen molar-refractivity contribution in [1.82, 2.24) is 15.0 Å². The first kappa shape index (κ1) is 12.4. The summed E-state index contributed by atoms with van der Waals surface area (Å²) in [6.45, 7) is 0. The zero-order valence-electron chi connectivity index (χ0n) is 9.82. The predicted molar refractivity (Wildman–Crippen MR) is 65.2 cm³/mol. The lowest BCUT2D eigenvalue weighted by molar-refractivity contribution is 0.332. The first-order valence-corrected chi connectivity index (χ1v) is 5.84. The normalized spacial score (nSPS) is 10.1. The number of phenols is 1. The first-order valence-electron chi connectivity index (χ1n) is 5.02. The topological polar surface area (TPSA) is 77.4 Å². The van der Waals surface area contributed by atoms with Crippen LogP contribution in [0.5, 0.6) is 17.8 Å². The van der Waals surface area contributed by atoms with Crippen LogP contribution in [0.1, 0.15) is 0 Å². The Kier molecular flexibility index (Phi) is 3.83. The van der Waals surface area contributed by atoms with Crippen molar-refractivity contribution in [2.45, 2.75) is 10.1 Å². The van der Waals surface area contributed by atoms with E-state index in [1.54, 1.807) is 24.3 Å². The molecule has 0 saturated heterocycles. The number of hydrogen-bond donors (Lipinski definition) is 1. The van der Waals surface area contributed by atoms with Crippen LogP contribution in [0.25, 0.3) is 0 Å². The van der Waals surface area contributed by atoms with E-state index in [4.69, 9.17) is 9.47 Å². The highest BCUT2D eigenvalue weighted by Gasteiger charge is 2.08. The Labute approximate surface area is 108 Å². The van der Waals surface area contributed by atoms with E-state index in [-0.39, 0.29) is 17.8 Å². The van der Waals surface area contributed by atoms with Gasteiger partial charge in [-0.3, -0.25) is 0 Å². The summed E-state index contributed by atoms with van der Waals surface area (Å²) >= 11 is 1.32. The average Bonchev–Trinajstić information content (AvgIpc) is 2.41. The summed E-state index contributed by atoms with van der Waals surface area (Å²) in [5, 5.41) is 9.66. The summed E-state index contributed by atoms with van der Waals surface area (Å²) in [6.07, 6.45) is 0. The van der Waals surface area contributed by atoms with Crippen LogP contribution >= 0.6 is 11.8 Å². The van der Waals surface area contributed by atoms with E-state index < -0.39 is 0 Å². The van der Waals surface area contributed by atoms with E-state index in [1.165, 1.54) is 26.0 Å². The summed E-state index contributed by atoms with van der Waals surface area (Å²) in [5.41, 5.74) is 0. The summed E-state index contributed by atoms with van der Waals surface area (Å²) < 4.78 is 9.92. The Balaban J connectivity index is 2.25. The predicted octanol–water partition coefficient (Wildman–Crippen LogP) is 1.75. The van der Waals surface area contributed by atoms with Gasteiger partial charge in [0, 0.05) is 4.90 Å². The van der Waals surface area contributed by atoms with Crippen molar-refractivity contribution in [3.8, 4) is 17.8 Å². The highest BCUT2D eigenvalue weighted by Crippen LogP contribution is 2.27. The second kappa shape index (κ2) is 5.54. The quantitative estimate of drug-likeness (QED) is 0.902. The van der Waals surface area contributed by atoms with Crippen LogP contribution in [0.4, 0.5) is 0 Å². The van der Waals surface area contributed by atoms with Crippen molar-refractivity contribution < 1.29 is 14.6 Å². The standard InChI is InChI=1S/C11H11N3O3S/c1-16-9-12-10(17-2)14-11(13-9)18-8-5-3-7(15)4-6-8/h3-6,15H,1-2H3. The Morgan fingerprint density at radius 1 is 0.944 bits per heavy atom. The van der Waals surface area contributed by atoms with Crippen LogP contribution in [-0.2, 0) is 0 Å². The van der Waals surface area contributed by atoms with Gasteiger partial charge in [0.15, 0.2) is 0 Å². The van der Waals surface area contributed by atoms with Gasteiger partial charge >= 0.3 is 12.0 Å². The summed E-state index contributed by atoms with van der Waals surface area (Å²) in [5.74, 6) is 0.213. The van der Waals surface area contributed by atoms with Crippen LogP contribution in [0.2, 0.25) is 0 Å². The molecular formula is C11H11N3O3S. The van der Waals surface area contributed by atoms with Crippen LogP contribution in [0, 0.1) is 0 Å². The molecule has 0 spiro atoms. The Bertz CT molecular complexity index is 511. The molecule has 0 saturated carbocycles. The van der Waals surface area contributed by atoms with Crippen molar-refractivity contribution in [2.24, 2.45) is 0 Å². The third kappa shape index (κ3) is 3.01. The smallest absolute Gasteiger partial charge is 0.323 e. The van der Waals surface area contributed by atoms with Crippen molar-refractivity contribution >= 4 is 11.8 Å². The van der Waals surface area contributed by atoms with Crippen LogP contribution in [0.15, 0.2) is 34.3 Å². The molecule has 2 aromatic rings. The molecule has 6 nitrogen and oxygen atoms in total. The monoisotopic (exact) mass is 265 g/mol. The van der Waals surface area contributed by atoms with Gasteiger partial charge < -0.3 is 14.6 Å². The number of phenolic OH excluding ortho intramolecular Hbond substituents is 1. The third-order valence-electron chi connectivity index (χ3n) is 1.98. The van der Waals surface area contributed by atoms with Gasteiger partial charge in [-0.1, -0.05) is 0 Å². The summed E-state index contributed by atoms with van der Waals surface area (Å²) in [4.78, 5) is 13.0. The molecule has 0 aliphatic heterocycles. The SMILES string of the molecule is COc1nc(OC)nc(Sc2ccc(O)cc2)n1. The molecule has 0 unspecified atom stereocenters. The van der Waals surface area contributed by atoms with Gasteiger partial charge in [-0.25, -0.2) is 0 Å². The zero-order chi connectivity index (χ0) is 13.0. The molecule has 1 aromatic heterocycles. The molecule has 0 amide bonds. The third-order valence-corrected chi connectivity index (χ3v) is 2.86. The van der Waals surface area contributed by atoms with E-state index in [2.05, 4.69) is 15.0 Å². The minimum absolute atomic E-state index is 0.197. The number of nitrogens with zero attached hydrogens (tertiary/aromatic N) is 3. The lowest BCUT2D eigenvalue weighted by Gasteiger charge is -2.04. The molecular weight excluding hydrogens is 254 g/mol. The van der Waals surface area contributed by atoms with Crippen molar-refractivity contribution in [2.75, 3.05) is 14.2 Å². The molecule has 1 N–H and O–H groups in total. The fourth-order valence-electron chi connectivity index (χ4n) is 1.17. The minimum atomic E-state index is 0.197.